The Morgan fingerprint density at radius 1 is 0.933 bits per heavy atom. The summed E-state index contributed by atoms with van der Waals surface area (Å²) in [6, 6.07) is 16.0. The van der Waals surface area contributed by atoms with Gasteiger partial charge in [0.25, 0.3) is 0 Å². The number of hydrogen-bond donors (Lipinski definition) is 0. The second-order valence-electron chi connectivity index (χ2n) is 7.53. The van der Waals surface area contributed by atoms with Gasteiger partial charge in [-0.2, -0.15) is 0 Å². The number of benzene rings is 2. The Kier molecular flexibility index (Phi) is 6.25. The lowest BCUT2D eigenvalue weighted by Gasteiger charge is -2.37. The minimum Gasteiger partial charge on any atom is -0.497 e. The smallest absolute Gasteiger partial charge is 0.173 e. The number of para-hydroxylation sites is 1. The lowest BCUT2D eigenvalue weighted by molar-refractivity contribution is 0.120. The average Bonchev–Trinajstić information content (AvgIpc) is 3.24. The molecule has 2 aromatic carbocycles. The average molecular weight is 409 g/mol. The van der Waals surface area contributed by atoms with E-state index >= 15 is 0 Å². The zero-order valence-corrected chi connectivity index (χ0v) is 17.7. The van der Waals surface area contributed by atoms with E-state index in [1.54, 1.807) is 14.2 Å². The minimum absolute atomic E-state index is 0.0805. The van der Waals surface area contributed by atoms with Gasteiger partial charge in [-0.1, -0.05) is 30.3 Å². The molecule has 4 rings (SSSR count). The predicted molar refractivity (Wildman–Crippen MR) is 114 cm³/mol. The number of nitrogens with zero attached hydrogens (tertiary/aromatic N) is 6. The molecule has 1 fully saturated rings. The predicted octanol–water partition coefficient (Wildman–Crippen LogP) is 2.08. The molecule has 1 aromatic heterocycles. The summed E-state index contributed by atoms with van der Waals surface area (Å²) in [6.45, 7) is 4.48. The molecule has 0 amide bonds. The first-order valence-electron chi connectivity index (χ1n) is 10.1. The Morgan fingerprint density at radius 3 is 2.37 bits per heavy atom. The van der Waals surface area contributed by atoms with Gasteiger partial charge in [-0.05, 0) is 41.2 Å². The number of ether oxygens (including phenoxy) is 2. The first-order valence-corrected chi connectivity index (χ1v) is 10.1. The highest BCUT2D eigenvalue weighted by atomic mass is 16.5. The monoisotopic (exact) mass is 408 g/mol. The highest BCUT2D eigenvalue weighted by molar-refractivity contribution is 5.39. The molecule has 3 aromatic rings. The van der Waals surface area contributed by atoms with Crippen molar-refractivity contribution in [3.8, 4) is 11.5 Å². The maximum atomic E-state index is 5.69. The number of hydrogen-bond acceptors (Lipinski definition) is 7. The molecular weight excluding hydrogens is 380 g/mol. The molecule has 158 valence electrons. The molecule has 1 saturated heterocycles. The molecule has 0 N–H and O–H groups in total. The topological polar surface area (TPSA) is 68.5 Å². The van der Waals surface area contributed by atoms with Gasteiger partial charge in [-0.15, -0.1) is 5.10 Å². The molecular formula is C22H28N6O2. The first kappa shape index (κ1) is 20.3. The lowest BCUT2D eigenvalue weighted by Crippen LogP contribution is -2.46. The third-order valence-corrected chi connectivity index (χ3v) is 5.63. The number of likely N-dealkylation sites (N-methyl/N-ethyl adjacent to an activating group) is 1. The van der Waals surface area contributed by atoms with Crippen LogP contribution in [0.2, 0.25) is 0 Å². The van der Waals surface area contributed by atoms with Crippen molar-refractivity contribution in [1.29, 1.82) is 0 Å². The standard InChI is InChI=1S/C22H28N6O2/c1-26-12-14-27(15-13-26)21(19-6-4-5-7-20(19)30-3)22-23-24-25-28(22)16-17-8-10-18(29-2)11-9-17/h4-11,21H,12-16H2,1-3H3. The molecule has 2 heterocycles. The van der Waals surface area contributed by atoms with E-state index in [4.69, 9.17) is 9.47 Å². The highest BCUT2D eigenvalue weighted by Gasteiger charge is 2.31. The van der Waals surface area contributed by atoms with E-state index in [0.717, 1.165) is 54.6 Å². The van der Waals surface area contributed by atoms with Crippen LogP contribution in [-0.4, -0.2) is 77.5 Å². The van der Waals surface area contributed by atoms with E-state index in [2.05, 4.69) is 38.4 Å². The van der Waals surface area contributed by atoms with Gasteiger partial charge >= 0.3 is 0 Å². The third-order valence-electron chi connectivity index (χ3n) is 5.63. The largest absolute Gasteiger partial charge is 0.497 e. The van der Waals surface area contributed by atoms with Crippen LogP contribution in [0.25, 0.3) is 0 Å². The summed E-state index contributed by atoms with van der Waals surface area (Å²) < 4.78 is 12.8. The van der Waals surface area contributed by atoms with Crippen molar-refractivity contribution in [2.45, 2.75) is 12.6 Å². The van der Waals surface area contributed by atoms with Gasteiger partial charge in [-0.3, -0.25) is 4.90 Å². The van der Waals surface area contributed by atoms with Crippen LogP contribution in [0.1, 0.15) is 23.0 Å². The number of piperazine rings is 1. The second-order valence-corrected chi connectivity index (χ2v) is 7.53. The summed E-state index contributed by atoms with van der Waals surface area (Å²) in [6.07, 6.45) is 0. The lowest BCUT2D eigenvalue weighted by atomic mass is 10.0. The van der Waals surface area contributed by atoms with Gasteiger partial charge in [0.1, 0.15) is 17.5 Å². The van der Waals surface area contributed by atoms with Crippen LogP contribution in [0.15, 0.2) is 48.5 Å². The van der Waals surface area contributed by atoms with Crippen molar-refractivity contribution < 1.29 is 9.47 Å². The van der Waals surface area contributed by atoms with Gasteiger partial charge in [0.05, 0.1) is 20.8 Å². The Labute approximate surface area is 177 Å². The normalized spacial score (nSPS) is 16.4. The van der Waals surface area contributed by atoms with Gasteiger partial charge < -0.3 is 14.4 Å². The molecule has 0 saturated carbocycles. The summed E-state index contributed by atoms with van der Waals surface area (Å²) >= 11 is 0. The Bertz CT molecular complexity index is 950. The fourth-order valence-corrected chi connectivity index (χ4v) is 3.90. The van der Waals surface area contributed by atoms with Gasteiger partial charge in [0.2, 0.25) is 0 Å². The minimum atomic E-state index is -0.0805. The van der Waals surface area contributed by atoms with E-state index in [0.29, 0.717) is 6.54 Å². The molecule has 8 heteroatoms. The van der Waals surface area contributed by atoms with Crippen LogP contribution in [0.3, 0.4) is 0 Å². The summed E-state index contributed by atoms with van der Waals surface area (Å²) in [5.74, 6) is 2.50. The van der Waals surface area contributed by atoms with Crippen LogP contribution >= 0.6 is 0 Å². The van der Waals surface area contributed by atoms with Crippen LogP contribution in [0, 0.1) is 0 Å². The summed E-state index contributed by atoms with van der Waals surface area (Å²) in [5.41, 5.74) is 2.19. The van der Waals surface area contributed by atoms with Crippen LogP contribution < -0.4 is 9.47 Å². The van der Waals surface area contributed by atoms with Crippen molar-refractivity contribution in [2.75, 3.05) is 47.4 Å². The van der Waals surface area contributed by atoms with Gasteiger partial charge in [0, 0.05) is 31.7 Å². The SMILES string of the molecule is COc1ccc(Cn2nnnc2C(c2ccccc2OC)N2CCN(C)CC2)cc1. The molecule has 0 aliphatic carbocycles. The molecule has 1 atom stereocenters. The van der Waals surface area contributed by atoms with E-state index < -0.39 is 0 Å². The molecule has 30 heavy (non-hydrogen) atoms. The van der Waals surface area contributed by atoms with E-state index in [1.165, 1.54) is 0 Å². The zero-order chi connectivity index (χ0) is 20.9. The van der Waals surface area contributed by atoms with E-state index in [1.807, 2.05) is 47.1 Å². The second kappa shape index (κ2) is 9.23. The molecule has 0 bridgehead atoms. The van der Waals surface area contributed by atoms with Crippen molar-refractivity contribution in [1.82, 2.24) is 30.0 Å². The number of rotatable bonds is 7. The van der Waals surface area contributed by atoms with Gasteiger partial charge in [-0.25, -0.2) is 4.68 Å². The van der Waals surface area contributed by atoms with Crippen molar-refractivity contribution in [3.63, 3.8) is 0 Å². The van der Waals surface area contributed by atoms with Crippen LogP contribution in [0.4, 0.5) is 0 Å². The van der Waals surface area contributed by atoms with Crippen LogP contribution in [-0.2, 0) is 6.54 Å². The Balaban J connectivity index is 1.70. The molecule has 1 aliphatic rings. The summed E-state index contributed by atoms with van der Waals surface area (Å²) in [4.78, 5) is 4.78. The molecule has 8 nitrogen and oxygen atoms in total. The maximum absolute atomic E-state index is 5.69. The number of aromatic nitrogens is 4. The Morgan fingerprint density at radius 2 is 1.67 bits per heavy atom. The molecule has 0 spiro atoms. The van der Waals surface area contributed by atoms with Crippen molar-refractivity contribution in [2.24, 2.45) is 0 Å². The van der Waals surface area contributed by atoms with E-state index in [-0.39, 0.29) is 6.04 Å². The fourth-order valence-electron chi connectivity index (χ4n) is 3.90. The molecule has 0 radical (unpaired) electrons. The van der Waals surface area contributed by atoms with Crippen molar-refractivity contribution >= 4 is 0 Å². The Hall–Kier alpha value is -2.97. The summed E-state index contributed by atoms with van der Waals surface area (Å²) in [7, 11) is 5.53. The summed E-state index contributed by atoms with van der Waals surface area (Å²) in [5, 5.41) is 12.8. The number of methoxy groups -OCH3 is 2. The van der Waals surface area contributed by atoms with Gasteiger partial charge in [0.15, 0.2) is 5.82 Å². The van der Waals surface area contributed by atoms with Crippen LogP contribution in [0.5, 0.6) is 11.5 Å². The quantitative estimate of drug-likeness (QED) is 0.593. The zero-order valence-electron chi connectivity index (χ0n) is 17.7. The van der Waals surface area contributed by atoms with E-state index in [9.17, 15) is 0 Å². The first-order chi connectivity index (χ1) is 14.7. The maximum Gasteiger partial charge on any atom is 0.173 e. The van der Waals surface area contributed by atoms with Crippen molar-refractivity contribution in [3.05, 3.63) is 65.5 Å². The molecule has 1 aliphatic heterocycles. The number of tetrazole rings is 1. The fraction of sp³-hybridized carbons (Fsp3) is 0.409. The third kappa shape index (κ3) is 4.29. The molecule has 1 unspecified atom stereocenters. The highest BCUT2D eigenvalue weighted by Crippen LogP contribution is 2.34.